The van der Waals surface area contributed by atoms with Crippen LogP contribution in [0.1, 0.15) is 35.4 Å². The molecule has 0 radical (unpaired) electrons. The molecule has 2 aliphatic heterocycles. The van der Waals surface area contributed by atoms with Gasteiger partial charge in [0, 0.05) is 43.0 Å². The van der Waals surface area contributed by atoms with Crippen LogP contribution in [0.15, 0.2) is 77.8 Å². The lowest BCUT2D eigenvalue weighted by molar-refractivity contribution is -0.384. The first-order chi connectivity index (χ1) is 17.5. The van der Waals surface area contributed by atoms with Gasteiger partial charge in [0.05, 0.1) is 22.4 Å². The van der Waals surface area contributed by atoms with Gasteiger partial charge in [-0.2, -0.15) is 0 Å². The summed E-state index contributed by atoms with van der Waals surface area (Å²) in [7, 11) is 0. The van der Waals surface area contributed by atoms with E-state index in [2.05, 4.69) is 10.2 Å². The van der Waals surface area contributed by atoms with Crippen LogP contribution in [-0.4, -0.2) is 52.3 Å². The number of aliphatic hydroxyl groups excluding tert-OH is 1. The largest absolute Gasteiger partial charge is 0.393 e. The fraction of sp³-hybridized carbons (Fsp3) is 0.286. The van der Waals surface area contributed by atoms with E-state index < -0.39 is 10.8 Å². The summed E-state index contributed by atoms with van der Waals surface area (Å²) in [5, 5.41) is 23.9. The maximum absolute atomic E-state index is 13.0. The molecular formula is C28H28N4O4. The van der Waals surface area contributed by atoms with E-state index >= 15 is 0 Å². The minimum Gasteiger partial charge on any atom is -0.393 e. The number of nitro benzene ring substituents is 1. The van der Waals surface area contributed by atoms with E-state index in [1.54, 1.807) is 6.07 Å². The number of aliphatic imine (C=N–C) groups is 1. The molecule has 3 aromatic carbocycles. The van der Waals surface area contributed by atoms with Crippen molar-refractivity contribution < 1.29 is 14.8 Å². The third-order valence-electron chi connectivity index (χ3n) is 6.88. The summed E-state index contributed by atoms with van der Waals surface area (Å²) in [4.78, 5) is 31.2. The lowest BCUT2D eigenvalue weighted by Gasteiger charge is -2.29. The molecule has 2 heterocycles. The van der Waals surface area contributed by atoms with Crippen LogP contribution in [0.25, 0.3) is 0 Å². The van der Waals surface area contributed by atoms with Gasteiger partial charge in [-0.15, -0.1) is 0 Å². The normalized spacial score (nSPS) is 18.6. The quantitative estimate of drug-likeness (QED) is 0.293. The Morgan fingerprint density at radius 1 is 1.06 bits per heavy atom. The zero-order valence-electron chi connectivity index (χ0n) is 19.8. The first kappa shape index (κ1) is 23.8. The summed E-state index contributed by atoms with van der Waals surface area (Å²) in [6.45, 7) is 2.79. The van der Waals surface area contributed by atoms with Crippen molar-refractivity contribution in [2.75, 3.05) is 25.0 Å². The van der Waals surface area contributed by atoms with Crippen LogP contribution >= 0.6 is 0 Å². The molecule has 0 aliphatic carbocycles. The number of carbonyl (C=O) groups excluding carboxylic acids is 1. The van der Waals surface area contributed by atoms with Gasteiger partial charge in [0.2, 0.25) is 5.91 Å². The Hall–Kier alpha value is -3.88. The monoisotopic (exact) mass is 484 g/mol. The van der Waals surface area contributed by atoms with Gasteiger partial charge < -0.3 is 15.3 Å². The fourth-order valence-electron chi connectivity index (χ4n) is 4.85. The molecule has 1 amide bonds. The number of hydrogen-bond donors (Lipinski definition) is 2. The second kappa shape index (κ2) is 10.4. The number of carbonyl (C=O) groups is 1. The van der Waals surface area contributed by atoms with Gasteiger partial charge in [0.1, 0.15) is 5.92 Å². The second-order valence-electron chi connectivity index (χ2n) is 9.30. The summed E-state index contributed by atoms with van der Waals surface area (Å²) in [6.07, 6.45) is 2.40. The number of anilines is 1. The summed E-state index contributed by atoms with van der Waals surface area (Å²) >= 11 is 0. The lowest BCUT2D eigenvalue weighted by Crippen LogP contribution is -2.37. The highest BCUT2D eigenvalue weighted by Crippen LogP contribution is 2.38. The van der Waals surface area contributed by atoms with Crippen molar-refractivity contribution in [1.29, 1.82) is 0 Å². The number of likely N-dealkylation sites (tertiary alicyclic amines) is 1. The molecular weight excluding hydrogens is 456 g/mol. The Labute approximate surface area is 209 Å². The summed E-state index contributed by atoms with van der Waals surface area (Å²) in [5.74, 6) is -1.01. The minimum absolute atomic E-state index is 0.0600. The molecule has 184 valence electrons. The first-order valence-corrected chi connectivity index (χ1v) is 12.2. The molecule has 2 N–H and O–H groups in total. The molecule has 1 saturated heterocycles. The Balaban J connectivity index is 1.42. The smallest absolute Gasteiger partial charge is 0.269 e. The molecule has 36 heavy (non-hydrogen) atoms. The van der Waals surface area contributed by atoms with Gasteiger partial charge in [-0.3, -0.25) is 19.9 Å². The van der Waals surface area contributed by atoms with Crippen LogP contribution < -0.4 is 5.32 Å². The average molecular weight is 485 g/mol. The number of piperidine rings is 1. The van der Waals surface area contributed by atoms with Crippen molar-refractivity contribution in [3.8, 4) is 0 Å². The first-order valence-electron chi connectivity index (χ1n) is 12.2. The second-order valence-corrected chi connectivity index (χ2v) is 9.30. The highest BCUT2D eigenvalue weighted by atomic mass is 16.6. The maximum Gasteiger partial charge on any atom is 0.269 e. The molecule has 8 nitrogen and oxygen atoms in total. The van der Waals surface area contributed by atoms with Crippen LogP contribution in [0.3, 0.4) is 0 Å². The van der Waals surface area contributed by atoms with Crippen molar-refractivity contribution >= 4 is 28.7 Å². The van der Waals surface area contributed by atoms with E-state index in [0.717, 1.165) is 44.5 Å². The zero-order valence-corrected chi connectivity index (χ0v) is 19.8. The average Bonchev–Trinajstić information content (AvgIpc) is 3.23. The SMILES string of the molecule is O=C1Nc2ccc([N+](=O)[O-])cc2C1C(=Nc1ccc(CCN2CCC(O)CC2)cc1)c1ccccc1. The lowest BCUT2D eigenvalue weighted by atomic mass is 9.90. The van der Waals surface area contributed by atoms with Gasteiger partial charge >= 0.3 is 0 Å². The molecule has 1 fully saturated rings. The van der Waals surface area contributed by atoms with E-state index in [1.165, 1.54) is 17.7 Å². The molecule has 1 atom stereocenters. The van der Waals surface area contributed by atoms with E-state index in [1.807, 2.05) is 54.6 Å². The number of amides is 1. The summed E-state index contributed by atoms with van der Waals surface area (Å²) < 4.78 is 0. The predicted molar refractivity (Wildman–Crippen MR) is 139 cm³/mol. The van der Waals surface area contributed by atoms with Crippen molar-refractivity contribution in [1.82, 2.24) is 4.90 Å². The van der Waals surface area contributed by atoms with Crippen LogP contribution in [0, 0.1) is 10.1 Å². The van der Waals surface area contributed by atoms with Crippen molar-refractivity contribution in [2.24, 2.45) is 4.99 Å². The number of nitrogens with zero attached hydrogens (tertiary/aromatic N) is 3. The number of rotatable bonds is 7. The molecule has 5 rings (SSSR count). The van der Waals surface area contributed by atoms with E-state index in [-0.39, 0.29) is 17.7 Å². The third kappa shape index (κ3) is 5.19. The number of aliphatic hydroxyl groups is 1. The fourth-order valence-corrected chi connectivity index (χ4v) is 4.85. The van der Waals surface area contributed by atoms with Gasteiger partial charge in [-0.05, 0) is 48.6 Å². The van der Waals surface area contributed by atoms with E-state index in [9.17, 15) is 20.0 Å². The standard InChI is InChI=1S/C28H28N4O4/c33-23-13-16-31(17-14-23)15-12-19-6-8-21(9-7-19)29-27(20-4-2-1-3-5-20)26-24-18-22(32(35)36)10-11-25(24)30-28(26)34/h1-11,18,23,26,33H,12-17H2,(H,30,34). The predicted octanol–water partition coefficient (Wildman–Crippen LogP) is 4.45. The molecule has 3 aromatic rings. The number of nitrogens with one attached hydrogen (secondary N) is 1. The zero-order chi connectivity index (χ0) is 25.1. The summed E-state index contributed by atoms with van der Waals surface area (Å²) in [5.41, 5.74) is 4.31. The molecule has 0 aromatic heterocycles. The number of nitro groups is 1. The molecule has 0 saturated carbocycles. The van der Waals surface area contributed by atoms with Gasteiger partial charge in [-0.1, -0.05) is 42.5 Å². The molecule has 8 heteroatoms. The van der Waals surface area contributed by atoms with Gasteiger partial charge in [-0.25, -0.2) is 0 Å². The van der Waals surface area contributed by atoms with E-state index in [4.69, 9.17) is 4.99 Å². The number of non-ortho nitro benzene ring substituents is 1. The topological polar surface area (TPSA) is 108 Å². The number of benzene rings is 3. The maximum atomic E-state index is 13.0. The minimum atomic E-state index is -0.753. The van der Waals surface area contributed by atoms with Crippen molar-refractivity contribution in [3.63, 3.8) is 0 Å². The molecule has 0 spiro atoms. The van der Waals surface area contributed by atoms with Crippen LogP contribution in [0.5, 0.6) is 0 Å². The third-order valence-corrected chi connectivity index (χ3v) is 6.88. The molecule has 0 bridgehead atoms. The van der Waals surface area contributed by atoms with Crippen LogP contribution in [0.4, 0.5) is 17.1 Å². The van der Waals surface area contributed by atoms with Gasteiger partial charge in [0.25, 0.3) is 5.69 Å². The highest BCUT2D eigenvalue weighted by molar-refractivity contribution is 6.24. The van der Waals surface area contributed by atoms with Crippen molar-refractivity contribution in [2.45, 2.75) is 31.3 Å². The Kier molecular flexibility index (Phi) is 6.88. The van der Waals surface area contributed by atoms with Crippen LogP contribution in [0.2, 0.25) is 0 Å². The van der Waals surface area contributed by atoms with Gasteiger partial charge in [0.15, 0.2) is 0 Å². The number of hydrogen-bond acceptors (Lipinski definition) is 6. The Morgan fingerprint density at radius 2 is 1.78 bits per heavy atom. The summed E-state index contributed by atoms with van der Waals surface area (Å²) in [6, 6.07) is 21.9. The van der Waals surface area contributed by atoms with E-state index in [0.29, 0.717) is 22.6 Å². The molecule has 1 unspecified atom stereocenters. The molecule has 2 aliphatic rings. The number of fused-ring (bicyclic) bond motifs is 1. The van der Waals surface area contributed by atoms with Crippen molar-refractivity contribution in [3.05, 3.63) is 99.6 Å². The Morgan fingerprint density at radius 3 is 2.47 bits per heavy atom. The van der Waals surface area contributed by atoms with Crippen LogP contribution in [-0.2, 0) is 11.2 Å². The Bertz CT molecular complexity index is 1280. The highest BCUT2D eigenvalue weighted by Gasteiger charge is 2.36.